The molecule has 0 radical (unpaired) electrons. The predicted molar refractivity (Wildman–Crippen MR) is 85.5 cm³/mol. The van der Waals surface area contributed by atoms with E-state index in [1.165, 1.54) is 61.7 Å². The van der Waals surface area contributed by atoms with E-state index in [1.54, 1.807) is 6.07 Å². The second-order valence-electron chi connectivity index (χ2n) is 4.72. The molecule has 7 heteroatoms. The van der Waals surface area contributed by atoms with Gasteiger partial charge in [0.05, 0.1) is 12.7 Å². The van der Waals surface area contributed by atoms with Crippen LogP contribution in [0.5, 0.6) is 11.5 Å². The summed E-state index contributed by atoms with van der Waals surface area (Å²) in [6.45, 7) is -2.89. The number of hydrogen-bond donors (Lipinski definition) is 0. The fraction of sp³-hybridized carbons (Fsp3) is 0.111. The Hall–Kier alpha value is -3.22. The Morgan fingerprint density at radius 1 is 1.04 bits per heavy atom. The Kier molecular flexibility index (Phi) is 6.22. The largest absolute Gasteiger partial charge is 0.465 e. The molecule has 0 aliphatic carbocycles. The van der Waals surface area contributed by atoms with E-state index in [1.807, 2.05) is 0 Å². The van der Waals surface area contributed by atoms with Crippen LogP contribution in [0.2, 0.25) is 0 Å². The minimum Gasteiger partial charge on any atom is -0.465 e. The number of carbonyl (C=O) groups is 2. The Morgan fingerprint density at radius 2 is 1.76 bits per heavy atom. The number of ether oxygens (including phenoxy) is 3. The highest BCUT2D eigenvalue weighted by Crippen LogP contribution is 2.17. The maximum Gasteiger partial charge on any atom is 0.387 e. The number of alkyl halides is 2. The molecule has 0 bridgehead atoms. The first-order valence-corrected chi connectivity index (χ1v) is 7.11. The monoisotopic (exact) mass is 348 g/mol. The van der Waals surface area contributed by atoms with Gasteiger partial charge in [0.25, 0.3) is 0 Å². The molecule has 25 heavy (non-hydrogen) atoms. The number of methoxy groups -OCH3 is 1. The molecule has 0 N–H and O–H groups in total. The van der Waals surface area contributed by atoms with Gasteiger partial charge in [-0.15, -0.1) is 0 Å². The maximum absolute atomic E-state index is 12.1. The minimum atomic E-state index is -2.89. The summed E-state index contributed by atoms with van der Waals surface area (Å²) in [5, 5.41) is 0. The van der Waals surface area contributed by atoms with Gasteiger partial charge < -0.3 is 14.2 Å². The summed E-state index contributed by atoms with van der Waals surface area (Å²) in [7, 11) is 1.25. The van der Waals surface area contributed by atoms with Crippen molar-refractivity contribution in [2.24, 2.45) is 0 Å². The second-order valence-corrected chi connectivity index (χ2v) is 4.72. The van der Waals surface area contributed by atoms with Gasteiger partial charge in [0.1, 0.15) is 11.5 Å². The van der Waals surface area contributed by atoms with Gasteiger partial charge >= 0.3 is 18.6 Å². The van der Waals surface area contributed by atoms with E-state index in [9.17, 15) is 18.4 Å². The van der Waals surface area contributed by atoms with Crippen LogP contribution in [0.4, 0.5) is 8.78 Å². The lowest BCUT2D eigenvalue weighted by atomic mass is 10.2. The van der Waals surface area contributed by atoms with Crippen LogP contribution in [0, 0.1) is 0 Å². The zero-order valence-corrected chi connectivity index (χ0v) is 13.1. The van der Waals surface area contributed by atoms with Gasteiger partial charge in [-0.2, -0.15) is 8.78 Å². The van der Waals surface area contributed by atoms with Crippen molar-refractivity contribution in [3.63, 3.8) is 0 Å². The number of hydrogen-bond acceptors (Lipinski definition) is 5. The third-order valence-electron chi connectivity index (χ3n) is 2.99. The molecule has 2 rings (SSSR count). The lowest BCUT2D eigenvalue weighted by molar-refractivity contribution is -0.128. The molecule has 0 aromatic heterocycles. The third-order valence-corrected chi connectivity index (χ3v) is 2.99. The summed E-state index contributed by atoms with van der Waals surface area (Å²) in [6.07, 6.45) is 2.63. The molecule has 0 amide bonds. The van der Waals surface area contributed by atoms with E-state index >= 15 is 0 Å². The van der Waals surface area contributed by atoms with E-state index in [0.717, 1.165) is 0 Å². The van der Waals surface area contributed by atoms with Crippen molar-refractivity contribution in [2.45, 2.75) is 6.61 Å². The van der Waals surface area contributed by atoms with Crippen molar-refractivity contribution in [1.82, 2.24) is 0 Å². The summed E-state index contributed by atoms with van der Waals surface area (Å²) >= 11 is 0. The first-order valence-electron chi connectivity index (χ1n) is 7.11. The van der Waals surface area contributed by atoms with Crippen LogP contribution in [-0.4, -0.2) is 25.7 Å². The Labute approximate surface area is 142 Å². The first-order chi connectivity index (χ1) is 12.0. The Bertz CT molecular complexity index is 769. The average molecular weight is 348 g/mol. The molecule has 0 spiro atoms. The third kappa shape index (κ3) is 5.72. The quantitative estimate of drug-likeness (QED) is 0.453. The van der Waals surface area contributed by atoms with Gasteiger partial charge in [-0.1, -0.05) is 18.2 Å². The standard InChI is InChI=1S/C18H14F2O5/c1-23-17(22)13-3-2-4-15(11-13)24-16(21)10-7-12-5-8-14(9-6-12)25-18(19)20/h2-11,18H,1H3/b10-7+. The fourth-order valence-corrected chi connectivity index (χ4v) is 1.88. The number of carbonyl (C=O) groups excluding carboxylic acids is 2. The van der Waals surface area contributed by atoms with Crippen LogP contribution >= 0.6 is 0 Å². The molecular weight excluding hydrogens is 334 g/mol. The summed E-state index contributed by atoms with van der Waals surface area (Å²) in [4.78, 5) is 23.2. The number of rotatable bonds is 6. The molecule has 0 aliphatic rings. The molecule has 2 aromatic rings. The van der Waals surface area contributed by atoms with Gasteiger partial charge in [-0.25, -0.2) is 9.59 Å². The topological polar surface area (TPSA) is 61.8 Å². The van der Waals surface area contributed by atoms with Crippen molar-refractivity contribution in [1.29, 1.82) is 0 Å². The molecule has 130 valence electrons. The molecule has 5 nitrogen and oxygen atoms in total. The molecule has 0 fully saturated rings. The molecule has 0 heterocycles. The number of halogens is 2. The lowest BCUT2D eigenvalue weighted by Crippen LogP contribution is -2.06. The minimum absolute atomic E-state index is 0.0225. The van der Waals surface area contributed by atoms with Gasteiger partial charge in [0.2, 0.25) is 0 Å². The fourth-order valence-electron chi connectivity index (χ4n) is 1.88. The van der Waals surface area contributed by atoms with Gasteiger partial charge in [-0.05, 0) is 42.0 Å². The van der Waals surface area contributed by atoms with E-state index in [0.29, 0.717) is 5.56 Å². The predicted octanol–water partition coefficient (Wildman–Crippen LogP) is 3.69. The van der Waals surface area contributed by atoms with Crippen molar-refractivity contribution in [3.8, 4) is 11.5 Å². The zero-order chi connectivity index (χ0) is 18.2. The van der Waals surface area contributed by atoms with E-state index < -0.39 is 18.6 Å². The van der Waals surface area contributed by atoms with Gasteiger partial charge in [0.15, 0.2) is 0 Å². The van der Waals surface area contributed by atoms with Crippen LogP contribution in [0.25, 0.3) is 6.08 Å². The SMILES string of the molecule is COC(=O)c1cccc(OC(=O)/C=C/c2ccc(OC(F)F)cc2)c1. The second kappa shape index (κ2) is 8.58. The van der Waals surface area contributed by atoms with Crippen LogP contribution in [0.3, 0.4) is 0 Å². The zero-order valence-electron chi connectivity index (χ0n) is 13.1. The normalized spacial score (nSPS) is 10.7. The summed E-state index contributed by atoms with van der Waals surface area (Å²) in [5.41, 5.74) is 0.855. The van der Waals surface area contributed by atoms with Gasteiger partial charge in [-0.3, -0.25) is 0 Å². The van der Waals surface area contributed by atoms with Gasteiger partial charge in [0, 0.05) is 6.08 Å². The van der Waals surface area contributed by atoms with Crippen molar-refractivity contribution in [2.75, 3.05) is 7.11 Å². The Balaban J connectivity index is 1.97. The Morgan fingerprint density at radius 3 is 2.40 bits per heavy atom. The molecule has 0 atom stereocenters. The average Bonchev–Trinajstić information content (AvgIpc) is 2.60. The summed E-state index contributed by atoms with van der Waals surface area (Å²) < 4.78 is 38.0. The van der Waals surface area contributed by atoms with Crippen molar-refractivity contribution >= 4 is 18.0 Å². The van der Waals surface area contributed by atoms with Crippen molar-refractivity contribution < 1.29 is 32.6 Å². The number of esters is 2. The smallest absolute Gasteiger partial charge is 0.387 e. The van der Waals surface area contributed by atoms with E-state index in [4.69, 9.17) is 4.74 Å². The summed E-state index contributed by atoms with van der Waals surface area (Å²) in [6, 6.07) is 11.7. The van der Waals surface area contributed by atoms with Crippen LogP contribution in [0.15, 0.2) is 54.6 Å². The molecule has 2 aromatic carbocycles. The molecular formula is C18H14F2O5. The van der Waals surface area contributed by atoms with E-state index in [-0.39, 0.29) is 17.1 Å². The highest BCUT2D eigenvalue weighted by molar-refractivity contribution is 5.91. The molecule has 0 saturated carbocycles. The maximum atomic E-state index is 12.1. The van der Waals surface area contributed by atoms with Crippen LogP contribution in [0.1, 0.15) is 15.9 Å². The van der Waals surface area contributed by atoms with Crippen LogP contribution < -0.4 is 9.47 Å². The lowest BCUT2D eigenvalue weighted by Gasteiger charge is -2.04. The number of benzene rings is 2. The van der Waals surface area contributed by atoms with Crippen LogP contribution in [-0.2, 0) is 9.53 Å². The molecule has 0 aliphatic heterocycles. The molecule has 0 unspecified atom stereocenters. The highest BCUT2D eigenvalue weighted by Gasteiger charge is 2.08. The summed E-state index contributed by atoms with van der Waals surface area (Å²) in [5.74, 6) is -0.984. The van der Waals surface area contributed by atoms with Crippen molar-refractivity contribution in [3.05, 3.63) is 65.7 Å². The highest BCUT2D eigenvalue weighted by atomic mass is 19.3. The first kappa shape index (κ1) is 18.1. The van der Waals surface area contributed by atoms with E-state index in [2.05, 4.69) is 9.47 Å². The molecule has 0 saturated heterocycles.